The van der Waals surface area contributed by atoms with Gasteiger partial charge in [-0.3, -0.25) is 4.79 Å². The first-order valence-corrected chi connectivity index (χ1v) is 10.6. The lowest BCUT2D eigenvalue weighted by atomic mass is 9.89. The molecule has 1 aromatic heterocycles. The number of thiazole rings is 1. The smallest absolute Gasteiger partial charge is 0.425 e. The summed E-state index contributed by atoms with van der Waals surface area (Å²) in [4.78, 5) is 28.4. The molecular formula is C16H14F3N3O5S2. The molecule has 8 nitrogen and oxygen atoms in total. The van der Waals surface area contributed by atoms with Gasteiger partial charge in [0, 0.05) is 12.0 Å². The monoisotopic (exact) mass is 449 g/mol. The number of halogens is 3. The fourth-order valence-electron chi connectivity index (χ4n) is 2.94. The van der Waals surface area contributed by atoms with Crippen LogP contribution in [-0.2, 0) is 24.2 Å². The van der Waals surface area contributed by atoms with Gasteiger partial charge in [-0.15, -0.1) is 0 Å². The van der Waals surface area contributed by atoms with Gasteiger partial charge in [0.25, 0.3) is 5.91 Å². The molecule has 1 atom stereocenters. The van der Waals surface area contributed by atoms with Crippen LogP contribution in [-0.4, -0.2) is 50.4 Å². The lowest BCUT2D eigenvalue weighted by molar-refractivity contribution is -0.178. The summed E-state index contributed by atoms with van der Waals surface area (Å²) in [6.07, 6.45) is -4.22. The Morgan fingerprint density at radius 2 is 2.00 bits per heavy atom. The highest BCUT2D eigenvalue weighted by atomic mass is 32.2. The number of hydrogen-bond donors (Lipinski definition) is 2. The van der Waals surface area contributed by atoms with Gasteiger partial charge in [0.2, 0.25) is 5.54 Å². The number of amides is 1. The van der Waals surface area contributed by atoms with Gasteiger partial charge in [0.15, 0.2) is 15.0 Å². The van der Waals surface area contributed by atoms with Crippen molar-refractivity contribution in [2.24, 2.45) is 0 Å². The lowest BCUT2D eigenvalue weighted by Gasteiger charge is -2.31. The minimum Gasteiger partial charge on any atom is -0.466 e. The van der Waals surface area contributed by atoms with Crippen LogP contribution >= 0.6 is 11.3 Å². The second-order valence-electron chi connectivity index (χ2n) is 6.24. The van der Waals surface area contributed by atoms with E-state index in [1.165, 1.54) is 18.2 Å². The lowest BCUT2D eigenvalue weighted by Crippen LogP contribution is -2.60. The van der Waals surface area contributed by atoms with Crippen molar-refractivity contribution < 1.29 is 35.9 Å². The molecule has 1 aliphatic rings. The van der Waals surface area contributed by atoms with Crippen LogP contribution in [0.1, 0.15) is 6.92 Å². The molecule has 0 aliphatic carbocycles. The van der Waals surface area contributed by atoms with E-state index in [1.54, 1.807) is 0 Å². The zero-order chi connectivity index (χ0) is 21.8. The quantitative estimate of drug-likeness (QED) is 0.686. The van der Waals surface area contributed by atoms with Gasteiger partial charge in [-0.25, -0.2) is 18.2 Å². The van der Waals surface area contributed by atoms with Crippen molar-refractivity contribution in [1.29, 1.82) is 0 Å². The molecule has 0 saturated carbocycles. The summed E-state index contributed by atoms with van der Waals surface area (Å²) >= 11 is 0.712. The van der Waals surface area contributed by atoms with Gasteiger partial charge in [0.1, 0.15) is 5.57 Å². The van der Waals surface area contributed by atoms with Crippen molar-refractivity contribution in [3.63, 3.8) is 0 Å². The second-order valence-corrected chi connectivity index (χ2v) is 9.29. The second kappa shape index (κ2) is 6.69. The van der Waals surface area contributed by atoms with Crippen molar-refractivity contribution in [2.45, 2.75) is 23.5 Å². The molecule has 2 N–H and O–H groups in total. The summed E-state index contributed by atoms with van der Waals surface area (Å²) in [6, 6.07) is 3.88. The number of aromatic nitrogens is 1. The summed E-state index contributed by atoms with van der Waals surface area (Å²) in [5, 5.41) is 3.74. The van der Waals surface area contributed by atoms with Crippen molar-refractivity contribution in [3.8, 4) is 0 Å². The molecule has 1 aliphatic heterocycles. The number of methoxy groups -OCH3 is 1. The SMILES string of the molecule is COC(=O)C1=C(C)NC(=O)C1(Nc1nc2ccc(S(C)(=O)=O)cc2s1)C(F)(F)F. The molecule has 1 unspecified atom stereocenters. The van der Waals surface area contributed by atoms with Gasteiger partial charge < -0.3 is 15.4 Å². The van der Waals surface area contributed by atoms with Gasteiger partial charge in [-0.2, -0.15) is 13.2 Å². The normalized spacial score (nSPS) is 20.1. The Bertz CT molecular complexity index is 1170. The summed E-state index contributed by atoms with van der Waals surface area (Å²) in [5.74, 6) is -2.83. The number of benzene rings is 1. The number of ether oxygens (including phenoxy) is 1. The standard InChI is InChI=1S/C16H14F3N3O5S2/c1-7-11(12(23)27-2)15(13(24)20-7,16(17,18)19)22-14-21-9-5-4-8(29(3,25)26)6-10(9)28-14/h4-6H,1-3H3,(H,20,24)(H,21,22). The van der Waals surface area contributed by atoms with Gasteiger partial charge >= 0.3 is 12.1 Å². The average molecular weight is 449 g/mol. The van der Waals surface area contributed by atoms with Crippen molar-refractivity contribution >= 4 is 48.4 Å². The molecule has 13 heteroatoms. The minimum atomic E-state index is -5.21. The zero-order valence-corrected chi connectivity index (χ0v) is 16.8. The molecule has 0 bridgehead atoms. The Hall–Kier alpha value is -2.67. The number of rotatable bonds is 4. The molecule has 0 fully saturated rings. The minimum absolute atomic E-state index is 0.0321. The van der Waals surface area contributed by atoms with E-state index in [-0.39, 0.29) is 25.9 Å². The van der Waals surface area contributed by atoms with Crippen LogP contribution in [0.2, 0.25) is 0 Å². The van der Waals surface area contributed by atoms with E-state index in [0.29, 0.717) is 11.3 Å². The van der Waals surface area contributed by atoms with Crippen molar-refractivity contribution in [2.75, 3.05) is 18.7 Å². The topological polar surface area (TPSA) is 114 Å². The number of carbonyl (C=O) groups is 2. The third-order valence-corrected chi connectivity index (χ3v) is 6.33. The van der Waals surface area contributed by atoms with E-state index < -0.39 is 39.0 Å². The highest BCUT2D eigenvalue weighted by molar-refractivity contribution is 7.90. The maximum Gasteiger partial charge on any atom is 0.425 e. The van der Waals surface area contributed by atoms with Crippen LogP contribution in [0.15, 0.2) is 34.4 Å². The Morgan fingerprint density at radius 3 is 2.55 bits per heavy atom. The molecule has 0 spiro atoms. The number of esters is 1. The summed E-state index contributed by atoms with van der Waals surface area (Å²) in [7, 11) is -2.64. The molecule has 29 heavy (non-hydrogen) atoms. The van der Waals surface area contributed by atoms with Crippen LogP contribution in [0.4, 0.5) is 18.3 Å². The van der Waals surface area contributed by atoms with Crippen LogP contribution in [0.5, 0.6) is 0 Å². The fourth-order valence-corrected chi connectivity index (χ4v) is 4.62. The third-order valence-electron chi connectivity index (χ3n) is 4.29. The number of hydrogen-bond acceptors (Lipinski definition) is 8. The number of nitrogens with one attached hydrogen (secondary N) is 2. The third kappa shape index (κ3) is 3.33. The molecule has 1 aromatic carbocycles. The predicted molar refractivity (Wildman–Crippen MR) is 98.0 cm³/mol. The van der Waals surface area contributed by atoms with Crippen molar-refractivity contribution in [1.82, 2.24) is 10.3 Å². The Balaban J connectivity index is 2.16. The molecule has 156 valence electrons. The van der Waals surface area contributed by atoms with Crippen LogP contribution in [0.3, 0.4) is 0 Å². The maximum absolute atomic E-state index is 14.1. The van der Waals surface area contributed by atoms with E-state index in [4.69, 9.17) is 0 Å². The highest BCUT2D eigenvalue weighted by Crippen LogP contribution is 2.44. The largest absolute Gasteiger partial charge is 0.466 e. The Morgan fingerprint density at radius 1 is 1.34 bits per heavy atom. The zero-order valence-electron chi connectivity index (χ0n) is 15.2. The van der Waals surface area contributed by atoms with E-state index in [0.717, 1.165) is 20.3 Å². The molecule has 0 saturated heterocycles. The first-order valence-electron chi connectivity index (χ1n) is 7.88. The molecule has 0 radical (unpaired) electrons. The Kier molecular flexibility index (Phi) is 4.86. The molecule has 1 amide bonds. The van der Waals surface area contributed by atoms with Crippen LogP contribution in [0.25, 0.3) is 10.2 Å². The van der Waals surface area contributed by atoms with E-state index in [9.17, 15) is 31.2 Å². The van der Waals surface area contributed by atoms with Gasteiger partial charge in [-0.05, 0) is 25.1 Å². The fraction of sp³-hybridized carbons (Fsp3) is 0.312. The molecule has 2 heterocycles. The predicted octanol–water partition coefficient (Wildman–Crippen LogP) is 1.99. The summed E-state index contributed by atoms with van der Waals surface area (Å²) in [6.45, 7) is 1.15. The van der Waals surface area contributed by atoms with E-state index in [1.807, 2.05) is 10.6 Å². The van der Waals surface area contributed by atoms with Crippen molar-refractivity contribution in [3.05, 3.63) is 29.5 Å². The number of nitrogens with zero attached hydrogens (tertiary/aromatic N) is 1. The number of anilines is 1. The number of allylic oxidation sites excluding steroid dienone is 1. The number of fused-ring (bicyclic) bond motifs is 1. The Labute approximate surface area is 166 Å². The number of carbonyl (C=O) groups excluding carboxylic acids is 2. The maximum atomic E-state index is 14.1. The van der Waals surface area contributed by atoms with Crippen LogP contribution < -0.4 is 10.6 Å². The first kappa shape index (κ1) is 21.0. The average Bonchev–Trinajstić information content (AvgIpc) is 3.10. The van der Waals surface area contributed by atoms with E-state index in [2.05, 4.69) is 9.72 Å². The van der Waals surface area contributed by atoms with E-state index >= 15 is 0 Å². The first-order chi connectivity index (χ1) is 13.3. The molecule has 2 aromatic rings. The molecule has 3 rings (SSSR count). The summed E-state index contributed by atoms with van der Waals surface area (Å²) < 4.78 is 70.3. The molecular weight excluding hydrogens is 435 g/mol. The van der Waals surface area contributed by atoms with Gasteiger partial charge in [0.05, 0.1) is 22.2 Å². The highest BCUT2D eigenvalue weighted by Gasteiger charge is 2.68. The number of alkyl halides is 3. The summed E-state index contributed by atoms with van der Waals surface area (Å²) in [5.41, 5.74) is -4.40. The van der Waals surface area contributed by atoms with Gasteiger partial charge in [-0.1, -0.05) is 11.3 Å². The number of sulfone groups is 1. The van der Waals surface area contributed by atoms with Crippen LogP contribution in [0, 0.1) is 0 Å².